The number of nitrogens with one attached hydrogen (secondary N) is 2. The number of hydrogen-bond donors (Lipinski definition) is 3. The summed E-state index contributed by atoms with van der Waals surface area (Å²) >= 11 is 5.97. The molecule has 3 N–H and O–H groups in total. The van der Waals surface area contributed by atoms with Crippen LogP contribution in [0.5, 0.6) is 0 Å². The minimum atomic E-state index is -1.09. The average Bonchev–Trinajstić information content (AvgIpc) is 2.44. The standard InChI is InChI=1S/C15H19ClN2O4/c1-3-4-5-13(15(21)22)18-14(20)11-8-10(17-9(2)19)6-7-12(11)16/h6-8,13H,3-5H2,1-2H3,(H,17,19)(H,18,20)(H,21,22). The molecule has 1 aromatic rings. The zero-order chi connectivity index (χ0) is 16.7. The summed E-state index contributed by atoms with van der Waals surface area (Å²) in [6, 6.07) is 3.49. The fourth-order valence-electron chi connectivity index (χ4n) is 1.88. The van der Waals surface area contributed by atoms with Gasteiger partial charge in [0.05, 0.1) is 10.6 Å². The van der Waals surface area contributed by atoms with Crippen LogP contribution in [0.4, 0.5) is 5.69 Å². The first kappa shape index (κ1) is 18.0. The molecule has 1 aromatic carbocycles. The average molecular weight is 327 g/mol. The van der Waals surface area contributed by atoms with Gasteiger partial charge in [-0.15, -0.1) is 0 Å². The molecule has 0 aliphatic rings. The Balaban J connectivity index is 2.91. The molecule has 1 unspecified atom stereocenters. The summed E-state index contributed by atoms with van der Waals surface area (Å²) in [5, 5.41) is 14.3. The van der Waals surface area contributed by atoms with Gasteiger partial charge in [0.25, 0.3) is 5.91 Å². The van der Waals surface area contributed by atoms with Crippen LogP contribution < -0.4 is 10.6 Å². The number of carboxylic acids is 1. The maximum Gasteiger partial charge on any atom is 0.326 e. The van der Waals surface area contributed by atoms with Crippen LogP contribution in [0.25, 0.3) is 0 Å². The second kappa shape index (κ2) is 8.38. The van der Waals surface area contributed by atoms with Crippen LogP contribution in [-0.2, 0) is 9.59 Å². The highest BCUT2D eigenvalue weighted by molar-refractivity contribution is 6.34. The second-order valence-electron chi connectivity index (χ2n) is 4.88. The van der Waals surface area contributed by atoms with Crippen molar-refractivity contribution in [3.05, 3.63) is 28.8 Å². The summed E-state index contributed by atoms with van der Waals surface area (Å²) in [5.41, 5.74) is 0.540. The number of anilines is 1. The lowest BCUT2D eigenvalue weighted by molar-refractivity contribution is -0.139. The van der Waals surface area contributed by atoms with Crippen molar-refractivity contribution >= 4 is 35.1 Å². The van der Waals surface area contributed by atoms with Gasteiger partial charge in [0.2, 0.25) is 5.91 Å². The lowest BCUT2D eigenvalue weighted by atomic mass is 10.1. The normalized spacial score (nSPS) is 11.6. The molecule has 0 aliphatic carbocycles. The topological polar surface area (TPSA) is 95.5 Å². The molecule has 120 valence electrons. The van der Waals surface area contributed by atoms with E-state index in [0.29, 0.717) is 18.5 Å². The van der Waals surface area contributed by atoms with Crippen LogP contribution in [0.2, 0.25) is 5.02 Å². The Morgan fingerprint density at radius 3 is 2.55 bits per heavy atom. The summed E-state index contributed by atoms with van der Waals surface area (Å²) in [6.07, 6.45) is 1.87. The van der Waals surface area contributed by atoms with E-state index in [2.05, 4.69) is 10.6 Å². The van der Waals surface area contributed by atoms with Crippen molar-refractivity contribution in [2.45, 2.75) is 39.2 Å². The van der Waals surface area contributed by atoms with Crippen molar-refractivity contribution < 1.29 is 19.5 Å². The first-order valence-corrected chi connectivity index (χ1v) is 7.33. The minimum absolute atomic E-state index is 0.121. The molecule has 7 heteroatoms. The monoisotopic (exact) mass is 326 g/mol. The van der Waals surface area contributed by atoms with Gasteiger partial charge in [0.15, 0.2) is 0 Å². The number of benzene rings is 1. The highest BCUT2D eigenvalue weighted by atomic mass is 35.5. The van der Waals surface area contributed by atoms with Gasteiger partial charge in [-0.3, -0.25) is 9.59 Å². The van der Waals surface area contributed by atoms with Gasteiger partial charge in [-0.1, -0.05) is 31.4 Å². The zero-order valence-electron chi connectivity index (χ0n) is 12.5. The van der Waals surface area contributed by atoms with Gasteiger partial charge >= 0.3 is 5.97 Å². The number of unbranched alkanes of at least 4 members (excludes halogenated alkanes) is 1. The van der Waals surface area contributed by atoms with Crippen LogP contribution in [-0.4, -0.2) is 28.9 Å². The van der Waals surface area contributed by atoms with Crippen molar-refractivity contribution in [2.75, 3.05) is 5.32 Å². The molecule has 22 heavy (non-hydrogen) atoms. The Morgan fingerprint density at radius 1 is 1.32 bits per heavy atom. The van der Waals surface area contributed by atoms with E-state index in [1.807, 2.05) is 6.92 Å². The number of carbonyl (C=O) groups excluding carboxylic acids is 2. The van der Waals surface area contributed by atoms with Gasteiger partial charge in [-0.25, -0.2) is 4.79 Å². The van der Waals surface area contributed by atoms with Gasteiger partial charge in [-0.2, -0.15) is 0 Å². The molecule has 0 spiro atoms. The van der Waals surface area contributed by atoms with E-state index in [1.165, 1.54) is 19.1 Å². The molecule has 0 heterocycles. The molecule has 2 amide bonds. The predicted octanol–water partition coefficient (Wildman–Crippen LogP) is 2.67. The third-order valence-corrected chi connectivity index (χ3v) is 3.31. The number of amides is 2. The summed E-state index contributed by atoms with van der Waals surface area (Å²) in [6.45, 7) is 3.29. The third-order valence-electron chi connectivity index (χ3n) is 2.98. The minimum Gasteiger partial charge on any atom is -0.480 e. The van der Waals surface area contributed by atoms with Crippen LogP contribution in [0.15, 0.2) is 18.2 Å². The first-order chi connectivity index (χ1) is 10.3. The highest BCUT2D eigenvalue weighted by Gasteiger charge is 2.21. The maximum absolute atomic E-state index is 12.2. The van der Waals surface area contributed by atoms with Crippen molar-refractivity contribution in [1.29, 1.82) is 0 Å². The van der Waals surface area contributed by atoms with Gasteiger partial charge in [-0.05, 0) is 24.6 Å². The molecule has 1 atom stereocenters. The highest BCUT2D eigenvalue weighted by Crippen LogP contribution is 2.21. The number of rotatable bonds is 7. The SMILES string of the molecule is CCCCC(NC(=O)c1cc(NC(C)=O)ccc1Cl)C(=O)O. The van der Waals surface area contributed by atoms with Crippen LogP contribution in [0.3, 0.4) is 0 Å². The maximum atomic E-state index is 12.2. The van der Waals surface area contributed by atoms with Gasteiger partial charge in [0, 0.05) is 12.6 Å². The Kier molecular flexibility index (Phi) is 6.85. The van der Waals surface area contributed by atoms with Crippen molar-refractivity contribution in [1.82, 2.24) is 5.32 Å². The van der Waals surface area contributed by atoms with E-state index in [0.717, 1.165) is 6.42 Å². The largest absolute Gasteiger partial charge is 0.480 e. The third kappa shape index (κ3) is 5.37. The molecule has 0 radical (unpaired) electrons. The Hall–Kier alpha value is -2.08. The van der Waals surface area contributed by atoms with E-state index in [-0.39, 0.29) is 16.5 Å². The van der Waals surface area contributed by atoms with Crippen LogP contribution in [0.1, 0.15) is 43.5 Å². The molecular formula is C15H19ClN2O4. The summed E-state index contributed by atoms with van der Waals surface area (Å²) in [4.78, 5) is 34.4. The van der Waals surface area contributed by atoms with Crippen molar-refractivity contribution in [2.24, 2.45) is 0 Å². The molecule has 6 nitrogen and oxygen atoms in total. The van der Waals surface area contributed by atoms with E-state index >= 15 is 0 Å². The lowest BCUT2D eigenvalue weighted by Gasteiger charge is -2.15. The number of carboxylic acid groups (broad SMARTS) is 1. The number of aliphatic carboxylic acids is 1. The smallest absolute Gasteiger partial charge is 0.326 e. The molecule has 0 bridgehead atoms. The Morgan fingerprint density at radius 2 is 2.00 bits per heavy atom. The van der Waals surface area contributed by atoms with Gasteiger partial charge < -0.3 is 15.7 Å². The second-order valence-corrected chi connectivity index (χ2v) is 5.29. The molecule has 0 saturated carbocycles. The van der Waals surface area contributed by atoms with Gasteiger partial charge in [0.1, 0.15) is 6.04 Å². The fraction of sp³-hybridized carbons (Fsp3) is 0.400. The van der Waals surface area contributed by atoms with E-state index in [1.54, 1.807) is 6.07 Å². The number of carbonyl (C=O) groups is 3. The van der Waals surface area contributed by atoms with E-state index < -0.39 is 17.9 Å². The predicted molar refractivity (Wildman–Crippen MR) is 84.2 cm³/mol. The molecular weight excluding hydrogens is 308 g/mol. The molecule has 0 saturated heterocycles. The Labute approximate surface area is 133 Å². The Bertz CT molecular complexity index is 575. The number of hydrogen-bond acceptors (Lipinski definition) is 3. The quantitative estimate of drug-likeness (QED) is 0.717. The van der Waals surface area contributed by atoms with Crippen molar-refractivity contribution in [3.8, 4) is 0 Å². The van der Waals surface area contributed by atoms with E-state index in [4.69, 9.17) is 16.7 Å². The molecule has 0 aliphatic heterocycles. The number of halogens is 1. The van der Waals surface area contributed by atoms with Crippen molar-refractivity contribution in [3.63, 3.8) is 0 Å². The molecule has 1 rings (SSSR count). The molecule has 0 fully saturated rings. The van der Waals surface area contributed by atoms with E-state index in [9.17, 15) is 14.4 Å². The first-order valence-electron chi connectivity index (χ1n) is 6.96. The zero-order valence-corrected chi connectivity index (χ0v) is 13.2. The lowest BCUT2D eigenvalue weighted by Crippen LogP contribution is -2.40. The van der Waals surface area contributed by atoms with Crippen LogP contribution >= 0.6 is 11.6 Å². The summed E-state index contributed by atoms with van der Waals surface area (Å²) in [7, 11) is 0. The summed E-state index contributed by atoms with van der Waals surface area (Å²) < 4.78 is 0. The summed E-state index contributed by atoms with van der Waals surface area (Å²) in [5.74, 6) is -1.95. The molecule has 0 aromatic heterocycles. The van der Waals surface area contributed by atoms with Crippen LogP contribution in [0, 0.1) is 0 Å². The fourth-order valence-corrected chi connectivity index (χ4v) is 2.09.